The normalized spacial score (nSPS) is 24.8. The minimum Gasteiger partial charge on any atom is -0.446 e. The van der Waals surface area contributed by atoms with Gasteiger partial charge in [-0.15, -0.1) is 0 Å². The second-order valence-electron chi connectivity index (χ2n) is 12.9. The van der Waals surface area contributed by atoms with Crippen molar-refractivity contribution in [1.29, 1.82) is 0 Å². The van der Waals surface area contributed by atoms with E-state index in [2.05, 4.69) is 43.6 Å². The summed E-state index contributed by atoms with van der Waals surface area (Å²) in [7, 11) is 3.60. The molecule has 1 aromatic carbocycles. The highest BCUT2D eigenvalue weighted by atomic mass is 35.5. The molecule has 2 saturated heterocycles. The summed E-state index contributed by atoms with van der Waals surface area (Å²) in [5.41, 5.74) is 4.12. The highest BCUT2D eigenvalue weighted by molar-refractivity contribution is 6.30. The molecule has 1 unspecified atom stereocenters. The molecule has 1 saturated carbocycles. The van der Waals surface area contributed by atoms with Crippen molar-refractivity contribution in [3.05, 3.63) is 63.9 Å². The number of amides is 2. The number of hydrogen-bond acceptors (Lipinski definition) is 9. The molecule has 3 fully saturated rings. The van der Waals surface area contributed by atoms with Gasteiger partial charge in [0.15, 0.2) is 0 Å². The van der Waals surface area contributed by atoms with Crippen LogP contribution in [-0.4, -0.2) is 122 Å². The topological polar surface area (TPSA) is 112 Å². The summed E-state index contributed by atoms with van der Waals surface area (Å²) >= 11 is 6.72. The maximum atomic E-state index is 13.7. The van der Waals surface area contributed by atoms with Crippen LogP contribution in [0.5, 0.6) is 0 Å². The third kappa shape index (κ3) is 6.01. The quantitative estimate of drug-likeness (QED) is 0.472. The van der Waals surface area contributed by atoms with Gasteiger partial charge in [0.25, 0.3) is 5.91 Å². The van der Waals surface area contributed by atoms with E-state index in [4.69, 9.17) is 26.1 Å². The standard InChI is InChI=1S/C34H42ClN7O4/c1-40-21-37-20-28(40)30(39-32(43)34(45-2)9-10-34)27-18-22-4-3-11-38-29(22)31(25-6-5-23(35)19-26(25)27)41-14-16-42(17-15-41)33(44)46-24-7-12-36-13-8-24/h3-6,11,18-19,21,24,28,30-31,36H,7-10,12-17,20H2,1-2H3,(H,39,43)/t28?,30-,31+/m1/s1. The van der Waals surface area contributed by atoms with Gasteiger partial charge in [-0.1, -0.05) is 23.7 Å². The van der Waals surface area contributed by atoms with Crippen molar-refractivity contribution in [2.24, 2.45) is 4.99 Å². The van der Waals surface area contributed by atoms with Gasteiger partial charge in [-0.2, -0.15) is 0 Å². The number of methoxy groups -OCH3 is 1. The lowest BCUT2D eigenvalue weighted by atomic mass is 9.87. The molecule has 7 rings (SSSR count). The van der Waals surface area contributed by atoms with Crippen molar-refractivity contribution in [2.75, 3.05) is 60.0 Å². The number of piperidine rings is 1. The van der Waals surface area contributed by atoms with E-state index in [1.54, 1.807) is 7.11 Å². The molecule has 5 aliphatic rings. The lowest BCUT2D eigenvalue weighted by molar-refractivity contribution is -0.134. The molecule has 12 heteroatoms. The average Bonchev–Trinajstić information content (AvgIpc) is 3.80. The van der Waals surface area contributed by atoms with Gasteiger partial charge in [-0.3, -0.25) is 19.7 Å². The maximum Gasteiger partial charge on any atom is 0.410 e. The number of nitrogens with one attached hydrogen (secondary N) is 2. The van der Waals surface area contributed by atoms with Crippen LogP contribution in [0, 0.1) is 0 Å². The molecule has 244 valence electrons. The summed E-state index contributed by atoms with van der Waals surface area (Å²) in [4.78, 5) is 42.5. The first kappa shape index (κ1) is 31.1. The maximum absolute atomic E-state index is 13.7. The van der Waals surface area contributed by atoms with Gasteiger partial charge in [0.2, 0.25) is 0 Å². The zero-order valence-electron chi connectivity index (χ0n) is 26.5. The lowest BCUT2D eigenvalue weighted by Crippen LogP contribution is -2.53. The Morgan fingerprint density at radius 2 is 1.91 bits per heavy atom. The van der Waals surface area contributed by atoms with Gasteiger partial charge in [-0.05, 0) is 85.3 Å². The highest BCUT2D eigenvalue weighted by Gasteiger charge is 2.52. The van der Waals surface area contributed by atoms with Gasteiger partial charge >= 0.3 is 6.09 Å². The summed E-state index contributed by atoms with van der Waals surface area (Å²) in [6, 6.07) is 9.38. The number of pyridine rings is 1. The van der Waals surface area contributed by atoms with Crippen LogP contribution in [0.2, 0.25) is 5.02 Å². The lowest BCUT2D eigenvalue weighted by Gasteiger charge is -2.40. The number of aromatic nitrogens is 1. The van der Waals surface area contributed by atoms with Crippen LogP contribution < -0.4 is 10.6 Å². The van der Waals surface area contributed by atoms with Crippen molar-refractivity contribution in [3.63, 3.8) is 0 Å². The van der Waals surface area contributed by atoms with Crippen molar-refractivity contribution in [2.45, 2.75) is 55.5 Å². The van der Waals surface area contributed by atoms with Crippen LogP contribution in [0.25, 0.3) is 11.6 Å². The molecule has 2 aromatic rings. The first-order valence-corrected chi connectivity index (χ1v) is 16.7. The first-order chi connectivity index (χ1) is 22.4. The Balaban J connectivity index is 1.22. The average molecular weight is 648 g/mol. The molecule has 2 amide bonds. The number of benzene rings is 1. The number of rotatable bonds is 7. The molecule has 4 heterocycles. The predicted molar refractivity (Wildman–Crippen MR) is 177 cm³/mol. The number of halogens is 1. The van der Waals surface area contributed by atoms with Crippen LogP contribution in [0.3, 0.4) is 0 Å². The van der Waals surface area contributed by atoms with Crippen molar-refractivity contribution >= 4 is 41.6 Å². The number of ether oxygens (including phenoxy) is 2. The van der Waals surface area contributed by atoms with E-state index < -0.39 is 11.6 Å². The Kier molecular flexibility index (Phi) is 8.75. The summed E-state index contributed by atoms with van der Waals surface area (Å²) in [6.45, 7) is 4.75. The fraction of sp³-hybridized carbons (Fsp3) is 0.529. The molecule has 0 radical (unpaired) electrons. The Labute approximate surface area is 275 Å². The minimum atomic E-state index is -0.782. The predicted octanol–water partition coefficient (Wildman–Crippen LogP) is 3.19. The van der Waals surface area contributed by atoms with Crippen molar-refractivity contribution < 1.29 is 19.1 Å². The van der Waals surface area contributed by atoms with Crippen LogP contribution in [0.4, 0.5) is 4.79 Å². The zero-order chi connectivity index (χ0) is 31.8. The molecule has 3 atom stereocenters. The van der Waals surface area contributed by atoms with Gasteiger partial charge < -0.3 is 29.9 Å². The summed E-state index contributed by atoms with van der Waals surface area (Å²) in [5, 5.41) is 7.32. The summed E-state index contributed by atoms with van der Waals surface area (Å²) in [6.07, 6.45) is 8.67. The number of fused-ring (bicyclic) bond motifs is 2. The molecule has 3 aliphatic heterocycles. The molecule has 0 bridgehead atoms. The molecule has 11 nitrogen and oxygen atoms in total. The number of piperazine rings is 1. The monoisotopic (exact) mass is 647 g/mol. The second kappa shape index (κ2) is 12.9. The molecule has 1 aromatic heterocycles. The van der Waals surface area contributed by atoms with Crippen LogP contribution >= 0.6 is 11.6 Å². The van der Waals surface area contributed by atoms with E-state index in [-0.39, 0.29) is 30.2 Å². The van der Waals surface area contributed by atoms with Crippen LogP contribution in [-0.2, 0) is 14.3 Å². The number of hydrogen-bond donors (Lipinski definition) is 2. The summed E-state index contributed by atoms with van der Waals surface area (Å²) < 4.78 is 11.5. The number of carbonyl (C=O) groups excluding carboxylic acids is 2. The Morgan fingerprint density at radius 3 is 2.61 bits per heavy atom. The number of carbonyl (C=O) groups is 2. The number of aliphatic imine (C=N–C) groups is 1. The van der Waals surface area contributed by atoms with Crippen LogP contribution in [0.15, 0.2) is 41.5 Å². The Morgan fingerprint density at radius 1 is 1.13 bits per heavy atom. The van der Waals surface area contributed by atoms with Crippen molar-refractivity contribution in [3.8, 4) is 0 Å². The third-order valence-electron chi connectivity index (χ3n) is 10.1. The van der Waals surface area contributed by atoms with Crippen LogP contribution in [0.1, 0.15) is 54.1 Å². The molecular weight excluding hydrogens is 606 g/mol. The Hall–Kier alpha value is -3.51. The van der Waals surface area contributed by atoms with E-state index in [1.165, 1.54) is 0 Å². The number of nitrogens with zero attached hydrogens (tertiary/aromatic N) is 5. The molecule has 2 N–H and O–H groups in total. The molecular formula is C34H42ClN7O4. The van der Waals surface area contributed by atoms with Gasteiger partial charge in [-0.25, -0.2) is 4.79 Å². The second-order valence-corrected chi connectivity index (χ2v) is 13.4. The van der Waals surface area contributed by atoms with Gasteiger partial charge in [0.1, 0.15) is 11.7 Å². The van der Waals surface area contributed by atoms with E-state index in [0.717, 1.165) is 53.9 Å². The molecule has 46 heavy (non-hydrogen) atoms. The third-order valence-corrected chi connectivity index (χ3v) is 10.4. The van der Waals surface area contributed by atoms with E-state index in [1.807, 2.05) is 42.7 Å². The van der Waals surface area contributed by atoms with Crippen molar-refractivity contribution in [1.82, 2.24) is 30.3 Å². The van der Waals surface area contributed by atoms with E-state index >= 15 is 0 Å². The smallest absolute Gasteiger partial charge is 0.410 e. The zero-order valence-corrected chi connectivity index (χ0v) is 27.2. The minimum absolute atomic E-state index is 0.0257. The Bertz CT molecular complexity index is 1530. The largest absolute Gasteiger partial charge is 0.446 e. The fourth-order valence-corrected chi connectivity index (χ4v) is 7.41. The molecule has 0 spiro atoms. The highest BCUT2D eigenvalue weighted by Crippen LogP contribution is 2.44. The SMILES string of the molecule is COC1(C(=O)N[C@H](C2=Cc3cccnc3[C@@H](N3CCN(C(=O)OC4CCNCC4)CC3)c3ccc(Cl)cc32)C2CN=CN2C)CC1. The first-order valence-electron chi connectivity index (χ1n) is 16.3. The van der Waals surface area contributed by atoms with E-state index in [0.29, 0.717) is 50.6 Å². The fourth-order valence-electron chi connectivity index (χ4n) is 7.24. The summed E-state index contributed by atoms with van der Waals surface area (Å²) in [5.74, 6) is -0.107. The van der Waals surface area contributed by atoms with Gasteiger partial charge in [0, 0.05) is 51.6 Å². The van der Waals surface area contributed by atoms with Gasteiger partial charge in [0.05, 0.1) is 36.7 Å². The van der Waals surface area contributed by atoms with E-state index in [9.17, 15) is 9.59 Å². The molecule has 2 aliphatic carbocycles. The number of likely N-dealkylation sites (N-methyl/N-ethyl adjacent to an activating group) is 1.